The van der Waals surface area contributed by atoms with Crippen LogP contribution >= 0.6 is 0 Å². The normalized spacial score (nSPS) is 20.6. The molecule has 1 amide bonds. The van der Waals surface area contributed by atoms with Gasteiger partial charge in [0.1, 0.15) is 0 Å². The Morgan fingerprint density at radius 2 is 1.81 bits per heavy atom. The van der Waals surface area contributed by atoms with Crippen molar-refractivity contribution in [1.82, 2.24) is 19.6 Å². The molecular weight excluding hydrogens is 340 g/mol. The number of nitrogens with zero attached hydrogens (tertiary/aromatic N) is 4. The van der Waals surface area contributed by atoms with E-state index in [1.807, 2.05) is 52.9 Å². The Bertz CT molecular complexity index is 796. The fourth-order valence-electron chi connectivity index (χ4n) is 4.31. The van der Waals surface area contributed by atoms with Crippen LogP contribution in [0.4, 0.5) is 0 Å². The van der Waals surface area contributed by atoms with Crippen LogP contribution in [0.5, 0.6) is 0 Å². The molecule has 0 radical (unpaired) electrons. The number of hydrogen-bond acceptors (Lipinski definition) is 4. The quantitative estimate of drug-likeness (QED) is 0.817. The van der Waals surface area contributed by atoms with Crippen LogP contribution in [-0.4, -0.2) is 70.9 Å². The third-order valence-corrected chi connectivity index (χ3v) is 6.18. The third-order valence-electron chi connectivity index (χ3n) is 6.18. The van der Waals surface area contributed by atoms with Gasteiger partial charge in [-0.1, -0.05) is 18.2 Å². The molecule has 0 atom stereocenters. The fourth-order valence-corrected chi connectivity index (χ4v) is 4.31. The molecule has 2 aliphatic heterocycles. The maximum absolute atomic E-state index is 13.1. The van der Waals surface area contributed by atoms with E-state index in [0.29, 0.717) is 5.69 Å². The number of carbonyl (C=O) groups is 1. The lowest BCUT2D eigenvalue weighted by molar-refractivity contribution is -0.0158. The minimum atomic E-state index is 0.0327. The molecule has 6 heteroatoms. The van der Waals surface area contributed by atoms with Crippen LogP contribution in [0.2, 0.25) is 0 Å². The summed E-state index contributed by atoms with van der Waals surface area (Å²) in [7, 11) is 2.19. The third kappa shape index (κ3) is 3.51. The summed E-state index contributed by atoms with van der Waals surface area (Å²) in [6.07, 6.45) is 3.09. The van der Waals surface area contributed by atoms with Gasteiger partial charge in [-0.05, 0) is 51.4 Å². The Balaban J connectivity index is 1.52. The van der Waals surface area contributed by atoms with Crippen LogP contribution in [0.1, 0.15) is 35.4 Å². The molecule has 1 aromatic carbocycles. The highest BCUT2D eigenvalue weighted by atomic mass is 16.5. The molecule has 2 fully saturated rings. The molecule has 1 spiro atoms. The molecule has 2 saturated heterocycles. The van der Waals surface area contributed by atoms with Crippen molar-refractivity contribution in [2.75, 3.05) is 39.9 Å². The van der Waals surface area contributed by atoms with E-state index in [1.165, 1.54) is 0 Å². The van der Waals surface area contributed by atoms with Crippen molar-refractivity contribution in [3.8, 4) is 5.69 Å². The Morgan fingerprint density at radius 1 is 1.07 bits per heavy atom. The Kier molecular flexibility index (Phi) is 5.02. The van der Waals surface area contributed by atoms with Crippen LogP contribution in [0.25, 0.3) is 5.69 Å². The second-order valence-corrected chi connectivity index (χ2v) is 7.72. The summed E-state index contributed by atoms with van der Waals surface area (Å²) in [4.78, 5) is 17.5. The summed E-state index contributed by atoms with van der Waals surface area (Å²) in [5.74, 6) is 0.0327. The topological polar surface area (TPSA) is 50.6 Å². The highest BCUT2D eigenvalue weighted by Gasteiger charge is 2.39. The maximum atomic E-state index is 13.1. The fraction of sp³-hybridized carbons (Fsp3) is 0.524. The van der Waals surface area contributed by atoms with Crippen LogP contribution in [-0.2, 0) is 4.74 Å². The molecule has 4 rings (SSSR count). The van der Waals surface area contributed by atoms with Crippen LogP contribution in [0.3, 0.4) is 0 Å². The summed E-state index contributed by atoms with van der Waals surface area (Å²) in [6.45, 7) is 6.04. The van der Waals surface area contributed by atoms with E-state index in [9.17, 15) is 4.79 Å². The lowest BCUT2D eigenvalue weighted by atomic mass is 9.85. The second-order valence-electron chi connectivity index (χ2n) is 7.72. The van der Waals surface area contributed by atoms with Gasteiger partial charge in [0.2, 0.25) is 0 Å². The summed E-state index contributed by atoms with van der Waals surface area (Å²) in [5.41, 5.74) is 2.65. The Morgan fingerprint density at radius 3 is 2.56 bits per heavy atom. The smallest absolute Gasteiger partial charge is 0.274 e. The van der Waals surface area contributed by atoms with Crippen molar-refractivity contribution in [2.24, 2.45) is 0 Å². The average molecular weight is 368 g/mol. The van der Waals surface area contributed by atoms with E-state index in [4.69, 9.17) is 4.74 Å². The van der Waals surface area contributed by atoms with E-state index in [0.717, 1.165) is 63.5 Å². The predicted octanol–water partition coefficient (Wildman–Crippen LogP) is 2.51. The molecule has 1 aromatic heterocycles. The van der Waals surface area contributed by atoms with Gasteiger partial charge in [0.15, 0.2) is 5.69 Å². The summed E-state index contributed by atoms with van der Waals surface area (Å²) < 4.78 is 7.41. The number of likely N-dealkylation sites (N-methyl/N-ethyl adjacent to an activating group) is 1. The minimum absolute atomic E-state index is 0.0327. The number of ether oxygens (including phenoxy) is 1. The zero-order valence-electron chi connectivity index (χ0n) is 16.2. The van der Waals surface area contributed by atoms with Crippen molar-refractivity contribution in [2.45, 2.75) is 31.7 Å². The number of aromatic nitrogens is 2. The van der Waals surface area contributed by atoms with Gasteiger partial charge in [0.05, 0.1) is 5.69 Å². The first-order valence-electron chi connectivity index (χ1n) is 9.79. The van der Waals surface area contributed by atoms with Gasteiger partial charge in [0.25, 0.3) is 5.91 Å². The number of rotatable bonds is 2. The van der Waals surface area contributed by atoms with Gasteiger partial charge in [0, 0.05) is 44.1 Å². The molecule has 3 heterocycles. The van der Waals surface area contributed by atoms with Gasteiger partial charge >= 0.3 is 0 Å². The number of hydrogen-bond donors (Lipinski definition) is 0. The molecule has 0 aliphatic carbocycles. The minimum Gasteiger partial charge on any atom is -0.381 e. The van der Waals surface area contributed by atoms with Crippen molar-refractivity contribution in [3.05, 3.63) is 47.8 Å². The molecule has 27 heavy (non-hydrogen) atoms. The number of aryl methyl sites for hydroxylation is 1. The molecule has 0 N–H and O–H groups in total. The van der Waals surface area contributed by atoms with Crippen LogP contribution < -0.4 is 0 Å². The van der Waals surface area contributed by atoms with Gasteiger partial charge in [-0.3, -0.25) is 9.69 Å². The number of benzene rings is 1. The molecule has 2 aliphatic rings. The molecule has 6 nitrogen and oxygen atoms in total. The number of amides is 1. The van der Waals surface area contributed by atoms with Gasteiger partial charge in [-0.2, -0.15) is 5.10 Å². The second kappa shape index (κ2) is 7.44. The molecule has 144 valence electrons. The first-order valence-corrected chi connectivity index (χ1v) is 9.79. The standard InChI is InChI=1S/C21H28N4O2/c1-17-16-19(22-25(17)18-6-4-3-5-7-18)20(26)24-11-8-21(23(2)12-13-24)9-14-27-15-10-21/h3-7,16H,8-15H2,1-2H3. The largest absolute Gasteiger partial charge is 0.381 e. The van der Waals surface area contributed by atoms with E-state index in [2.05, 4.69) is 17.0 Å². The Labute approximate surface area is 160 Å². The van der Waals surface area contributed by atoms with Gasteiger partial charge in [-0.15, -0.1) is 0 Å². The first-order chi connectivity index (χ1) is 13.1. The van der Waals surface area contributed by atoms with Gasteiger partial charge < -0.3 is 9.64 Å². The summed E-state index contributed by atoms with van der Waals surface area (Å²) in [6, 6.07) is 11.8. The summed E-state index contributed by atoms with van der Waals surface area (Å²) >= 11 is 0. The van der Waals surface area contributed by atoms with Crippen molar-refractivity contribution < 1.29 is 9.53 Å². The van der Waals surface area contributed by atoms with Crippen molar-refractivity contribution >= 4 is 5.91 Å². The van der Waals surface area contributed by atoms with E-state index >= 15 is 0 Å². The van der Waals surface area contributed by atoms with E-state index in [1.54, 1.807) is 0 Å². The molecular formula is C21H28N4O2. The van der Waals surface area contributed by atoms with Crippen molar-refractivity contribution in [1.29, 1.82) is 0 Å². The zero-order valence-corrected chi connectivity index (χ0v) is 16.2. The van der Waals surface area contributed by atoms with E-state index < -0.39 is 0 Å². The van der Waals surface area contributed by atoms with Crippen molar-refractivity contribution in [3.63, 3.8) is 0 Å². The zero-order chi connectivity index (χ0) is 18.9. The Hall–Kier alpha value is -2.18. The van der Waals surface area contributed by atoms with Crippen LogP contribution in [0, 0.1) is 6.92 Å². The summed E-state index contributed by atoms with van der Waals surface area (Å²) in [5, 5.41) is 4.60. The number of para-hydroxylation sites is 1. The molecule has 0 unspecified atom stereocenters. The predicted molar refractivity (Wildman–Crippen MR) is 104 cm³/mol. The SMILES string of the molecule is Cc1cc(C(=O)N2CCN(C)C3(CCOCC3)CC2)nn1-c1ccccc1. The van der Waals surface area contributed by atoms with Crippen LogP contribution in [0.15, 0.2) is 36.4 Å². The highest BCUT2D eigenvalue weighted by molar-refractivity contribution is 5.92. The lowest BCUT2D eigenvalue weighted by Crippen LogP contribution is -2.50. The van der Waals surface area contributed by atoms with Gasteiger partial charge in [-0.25, -0.2) is 4.68 Å². The molecule has 0 saturated carbocycles. The average Bonchev–Trinajstić information content (AvgIpc) is 3.03. The molecule has 0 bridgehead atoms. The molecule has 2 aromatic rings. The highest BCUT2D eigenvalue weighted by Crippen LogP contribution is 2.32. The van der Waals surface area contributed by atoms with E-state index in [-0.39, 0.29) is 11.4 Å². The maximum Gasteiger partial charge on any atom is 0.274 e. The first kappa shape index (κ1) is 18.2. The number of carbonyl (C=O) groups excluding carboxylic acids is 1. The monoisotopic (exact) mass is 368 g/mol. The lowest BCUT2D eigenvalue weighted by Gasteiger charge is -2.43.